The van der Waals surface area contributed by atoms with Crippen LogP contribution in [0.2, 0.25) is 0 Å². The third-order valence-electron chi connectivity index (χ3n) is 3.62. The van der Waals surface area contributed by atoms with Crippen LogP contribution >= 0.6 is 0 Å². The lowest BCUT2D eigenvalue weighted by Crippen LogP contribution is -2.72. The van der Waals surface area contributed by atoms with Crippen LogP contribution in [0.25, 0.3) is 0 Å². The van der Waals surface area contributed by atoms with E-state index >= 15 is 0 Å². The summed E-state index contributed by atoms with van der Waals surface area (Å²) in [4.78, 5) is 7.41. The van der Waals surface area contributed by atoms with Crippen molar-refractivity contribution in [2.24, 2.45) is 4.99 Å². The number of nitrogens with one attached hydrogen (secondary N) is 2. The predicted molar refractivity (Wildman–Crippen MR) is 92.2 cm³/mol. The number of sulfonamides is 1. The summed E-state index contributed by atoms with van der Waals surface area (Å²) in [6.45, 7) is 0.781. The number of rotatable bonds is 4. The second kappa shape index (κ2) is 6.84. The van der Waals surface area contributed by atoms with E-state index in [-0.39, 0.29) is 10.6 Å². The molecular formula is C17H18N3O3S+. The normalized spacial score (nSPS) is 14.8. The number of para-hydroxylation sites is 1. The minimum absolute atomic E-state index is 0.121. The fourth-order valence-electron chi connectivity index (χ4n) is 2.37. The zero-order valence-corrected chi connectivity index (χ0v) is 13.8. The Kier molecular flexibility index (Phi) is 4.61. The fourth-order valence-corrected chi connectivity index (χ4v) is 3.52. The summed E-state index contributed by atoms with van der Waals surface area (Å²) in [5.41, 5.74) is 1.06. The molecule has 3 N–H and O–H groups in total. The molecule has 1 aliphatic heterocycles. The summed E-state index contributed by atoms with van der Waals surface area (Å²) in [6, 6.07) is 13.2. The summed E-state index contributed by atoms with van der Waals surface area (Å²) in [6.07, 6.45) is 3.12. The maximum atomic E-state index is 12.4. The number of nitrogens with zero attached hydrogens (tertiary/aromatic N) is 1. The van der Waals surface area contributed by atoms with Gasteiger partial charge in [-0.15, -0.1) is 0 Å². The van der Waals surface area contributed by atoms with E-state index in [4.69, 9.17) is 0 Å². The average molecular weight is 344 g/mol. The van der Waals surface area contributed by atoms with Gasteiger partial charge in [0.05, 0.1) is 18.7 Å². The highest BCUT2D eigenvalue weighted by molar-refractivity contribution is 7.90. The maximum absolute atomic E-state index is 12.4. The number of hydrogen-bond donors (Lipinski definition) is 3. The van der Waals surface area contributed by atoms with Crippen molar-refractivity contribution in [2.45, 2.75) is 17.7 Å². The second-order valence-corrected chi connectivity index (χ2v) is 7.11. The molecule has 0 atom stereocenters. The lowest BCUT2D eigenvalue weighted by molar-refractivity contribution is -0.448. The number of amidine groups is 1. The van der Waals surface area contributed by atoms with Crippen molar-refractivity contribution in [1.29, 1.82) is 0 Å². The Morgan fingerprint density at radius 2 is 2.00 bits per heavy atom. The molecule has 3 rings (SSSR count). The van der Waals surface area contributed by atoms with Crippen molar-refractivity contribution in [3.63, 3.8) is 0 Å². The number of hydrogen-bond acceptors (Lipinski definition) is 4. The molecule has 0 aromatic heterocycles. The molecule has 1 heterocycles. The van der Waals surface area contributed by atoms with Crippen molar-refractivity contribution < 1.29 is 18.5 Å². The van der Waals surface area contributed by atoms with Crippen molar-refractivity contribution in [3.8, 4) is 5.75 Å². The molecule has 6 nitrogen and oxygen atoms in total. The Morgan fingerprint density at radius 1 is 1.17 bits per heavy atom. The van der Waals surface area contributed by atoms with Crippen molar-refractivity contribution in [3.05, 3.63) is 54.1 Å². The van der Waals surface area contributed by atoms with Crippen molar-refractivity contribution >= 4 is 27.8 Å². The Morgan fingerprint density at radius 3 is 2.75 bits per heavy atom. The van der Waals surface area contributed by atoms with Crippen molar-refractivity contribution in [2.75, 3.05) is 6.54 Å². The highest BCUT2D eigenvalue weighted by atomic mass is 32.2. The average Bonchev–Trinajstić information content (AvgIpc) is 3.07. The van der Waals surface area contributed by atoms with Gasteiger partial charge in [-0.1, -0.05) is 18.2 Å². The van der Waals surface area contributed by atoms with Gasteiger partial charge in [0.1, 0.15) is 10.6 Å². The van der Waals surface area contributed by atoms with Crippen LogP contribution in [-0.4, -0.2) is 32.1 Å². The first-order chi connectivity index (χ1) is 11.5. The topological polar surface area (TPSA) is 92.7 Å². The number of benzene rings is 2. The SMILES string of the molecule is O=S(=O)(NC1=[NH+]CCC1)c1cccc(N=Cc2ccccc2O)c1. The monoisotopic (exact) mass is 344 g/mol. The summed E-state index contributed by atoms with van der Waals surface area (Å²) in [5.74, 6) is 0.744. The molecule has 0 radical (unpaired) electrons. The lowest BCUT2D eigenvalue weighted by Gasteiger charge is -2.03. The summed E-state index contributed by atoms with van der Waals surface area (Å²) in [5, 5.41) is 9.72. The Bertz CT molecular complexity index is 905. The van der Waals surface area contributed by atoms with E-state index in [1.165, 1.54) is 18.3 Å². The van der Waals surface area contributed by atoms with Gasteiger partial charge in [0.2, 0.25) is 0 Å². The molecule has 2 aromatic carbocycles. The molecule has 0 bridgehead atoms. The standard InChI is InChI=1S/C17H17N3O3S/c21-16-8-2-1-5-13(16)12-19-14-6-3-7-15(11-14)24(22,23)20-17-9-4-10-18-17/h1-3,5-8,11-12,21H,4,9-10H2,(H,18,20)/p+1. The summed E-state index contributed by atoms with van der Waals surface area (Å²) in [7, 11) is -3.63. The third-order valence-corrected chi connectivity index (χ3v) is 5.01. The van der Waals surface area contributed by atoms with Crippen LogP contribution in [0.5, 0.6) is 5.75 Å². The van der Waals surface area contributed by atoms with Gasteiger partial charge < -0.3 is 5.11 Å². The van der Waals surface area contributed by atoms with Crippen LogP contribution in [0.4, 0.5) is 5.69 Å². The van der Waals surface area contributed by atoms with E-state index in [2.05, 4.69) is 14.7 Å². The molecule has 2 aromatic rings. The largest absolute Gasteiger partial charge is 0.507 e. The van der Waals surface area contributed by atoms with E-state index < -0.39 is 10.0 Å². The Labute approximate surface area is 140 Å². The van der Waals surface area contributed by atoms with E-state index in [1.807, 2.05) is 0 Å². The van der Waals surface area contributed by atoms with E-state index in [0.29, 0.717) is 23.5 Å². The Balaban J connectivity index is 1.82. The number of phenols is 1. The van der Waals surface area contributed by atoms with Crippen LogP contribution in [0.1, 0.15) is 18.4 Å². The van der Waals surface area contributed by atoms with E-state index in [9.17, 15) is 13.5 Å². The first-order valence-electron chi connectivity index (χ1n) is 7.59. The van der Waals surface area contributed by atoms with E-state index in [0.717, 1.165) is 13.0 Å². The van der Waals surface area contributed by atoms with Crippen LogP contribution in [0.15, 0.2) is 58.4 Å². The van der Waals surface area contributed by atoms with Gasteiger partial charge >= 0.3 is 10.0 Å². The second-order valence-electron chi connectivity index (χ2n) is 5.43. The smallest absolute Gasteiger partial charge is 0.328 e. The molecule has 124 valence electrons. The quantitative estimate of drug-likeness (QED) is 0.713. The van der Waals surface area contributed by atoms with Gasteiger partial charge in [0.25, 0.3) is 5.84 Å². The third kappa shape index (κ3) is 3.80. The van der Waals surface area contributed by atoms with Gasteiger partial charge in [-0.05, 0) is 36.8 Å². The molecule has 0 amide bonds. The first kappa shape index (κ1) is 16.2. The molecular weight excluding hydrogens is 326 g/mol. The molecule has 7 heteroatoms. The van der Waals surface area contributed by atoms with Gasteiger partial charge in [-0.2, -0.15) is 13.1 Å². The zero-order valence-electron chi connectivity index (χ0n) is 12.9. The molecule has 0 saturated heterocycles. The van der Waals surface area contributed by atoms with Gasteiger partial charge in [-0.25, -0.2) is 0 Å². The van der Waals surface area contributed by atoms with Crippen molar-refractivity contribution in [1.82, 2.24) is 4.72 Å². The highest BCUT2D eigenvalue weighted by Crippen LogP contribution is 2.19. The van der Waals surface area contributed by atoms with Crippen LogP contribution in [0.3, 0.4) is 0 Å². The molecule has 1 aliphatic rings. The minimum Gasteiger partial charge on any atom is -0.507 e. The minimum atomic E-state index is -3.63. The lowest BCUT2D eigenvalue weighted by atomic mass is 10.2. The van der Waals surface area contributed by atoms with Gasteiger partial charge in [0.15, 0.2) is 0 Å². The molecule has 0 spiro atoms. The van der Waals surface area contributed by atoms with Gasteiger partial charge in [-0.3, -0.25) is 9.98 Å². The fraction of sp³-hybridized carbons (Fsp3) is 0.176. The molecule has 0 aliphatic carbocycles. The summed E-state index contributed by atoms with van der Waals surface area (Å²) < 4.78 is 27.4. The van der Waals surface area contributed by atoms with Crippen LogP contribution in [0, 0.1) is 0 Å². The first-order valence-corrected chi connectivity index (χ1v) is 9.07. The summed E-state index contributed by atoms with van der Waals surface area (Å²) >= 11 is 0. The highest BCUT2D eigenvalue weighted by Gasteiger charge is 2.24. The number of phenolic OH excluding ortho intramolecular Hbond substituents is 1. The van der Waals surface area contributed by atoms with E-state index in [1.54, 1.807) is 36.4 Å². The maximum Gasteiger partial charge on any atom is 0.328 e. The number of aliphatic imine (C=N–C) groups is 1. The molecule has 0 fully saturated rings. The van der Waals surface area contributed by atoms with Gasteiger partial charge in [0, 0.05) is 11.8 Å². The molecule has 0 unspecified atom stereocenters. The van der Waals surface area contributed by atoms with Crippen LogP contribution < -0.4 is 9.71 Å². The predicted octanol–water partition coefficient (Wildman–Crippen LogP) is 0.694. The van der Waals surface area contributed by atoms with Crippen LogP contribution in [-0.2, 0) is 10.0 Å². The number of aromatic hydroxyl groups is 1. The Hall–Kier alpha value is -2.67. The molecule has 0 saturated carbocycles. The molecule has 24 heavy (non-hydrogen) atoms. The zero-order chi connectivity index (χ0) is 17.0.